The van der Waals surface area contributed by atoms with Gasteiger partial charge < -0.3 is 4.57 Å². The summed E-state index contributed by atoms with van der Waals surface area (Å²) in [5, 5.41) is 0. The number of imidazole rings is 1. The summed E-state index contributed by atoms with van der Waals surface area (Å²) in [4.78, 5) is 4.08. The average molecular weight is 184 g/mol. The van der Waals surface area contributed by atoms with E-state index in [1.807, 2.05) is 36.8 Å². The Kier molecular flexibility index (Phi) is 2.45. The molecular weight excluding hydrogens is 172 g/mol. The van der Waals surface area contributed by atoms with Crippen LogP contribution in [0.3, 0.4) is 0 Å². The SMILES string of the molecule is C=Cc1cncn1Cc1ccccc1. The zero-order valence-electron chi connectivity index (χ0n) is 7.93. The molecule has 0 radical (unpaired) electrons. The van der Waals surface area contributed by atoms with Crippen LogP contribution >= 0.6 is 0 Å². The minimum Gasteiger partial charge on any atom is -0.327 e. The van der Waals surface area contributed by atoms with Gasteiger partial charge in [-0.1, -0.05) is 36.9 Å². The Hall–Kier alpha value is -1.83. The summed E-state index contributed by atoms with van der Waals surface area (Å²) in [6.45, 7) is 4.59. The number of hydrogen-bond donors (Lipinski definition) is 0. The lowest BCUT2D eigenvalue weighted by Crippen LogP contribution is -1.99. The zero-order valence-corrected chi connectivity index (χ0v) is 7.93. The highest BCUT2D eigenvalue weighted by molar-refractivity contribution is 5.40. The second-order valence-electron chi connectivity index (χ2n) is 3.14. The molecule has 2 heteroatoms. The molecular formula is C12H12N2. The molecule has 2 nitrogen and oxygen atoms in total. The first-order valence-corrected chi connectivity index (χ1v) is 4.56. The maximum atomic E-state index is 4.08. The van der Waals surface area contributed by atoms with Crippen LogP contribution in [0.4, 0.5) is 0 Å². The van der Waals surface area contributed by atoms with E-state index >= 15 is 0 Å². The molecule has 0 atom stereocenters. The molecule has 0 N–H and O–H groups in total. The van der Waals surface area contributed by atoms with Crippen LogP contribution < -0.4 is 0 Å². The quantitative estimate of drug-likeness (QED) is 0.716. The molecule has 0 aliphatic carbocycles. The van der Waals surface area contributed by atoms with Crippen molar-refractivity contribution < 1.29 is 0 Å². The van der Waals surface area contributed by atoms with Gasteiger partial charge in [0.1, 0.15) is 0 Å². The van der Waals surface area contributed by atoms with Gasteiger partial charge in [-0.25, -0.2) is 4.98 Å². The highest BCUT2D eigenvalue weighted by Crippen LogP contribution is 2.06. The van der Waals surface area contributed by atoms with Crippen molar-refractivity contribution in [1.29, 1.82) is 0 Å². The van der Waals surface area contributed by atoms with E-state index in [1.54, 1.807) is 0 Å². The highest BCUT2D eigenvalue weighted by Gasteiger charge is 1.98. The van der Waals surface area contributed by atoms with Crippen molar-refractivity contribution in [2.45, 2.75) is 6.54 Å². The summed E-state index contributed by atoms with van der Waals surface area (Å²) < 4.78 is 2.07. The van der Waals surface area contributed by atoms with Crippen LogP contribution in [0, 0.1) is 0 Å². The van der Waals surface area contributed by atoms with Crippen molar-refractivity contribution in [3.05, 3.63) is 60.7 Å². The largest absolute Gasteiger partial charge is 0.327 e. The predicted octanol–water partition coefficient (Wildman–Crippen LogP) is 2.57. The molecule has 0 fully saturated rings. The average Bonchev–Trinajstić information content (AvgIpc) is 2.67. The Morgan fingerprint density at radius 2 is 2.07 bits per heavy atom. The van der Waals surface area contributed by atoms with Gasteiger partial charge in [0.05, 0.1) is 18.2 Å². The van der Waals surface area contributed by atoms with E-state index in [-0.39, 0.29) is 0 Å². The molecule has 0 aliphatic heterocycles. The molecule has 70 valence electrons. The summed E-state index contributed by atoms with van der Waals surface area (Å²) in [5.74, 6) is 0. The van der Waals surface area contributed by atoms with Crippen molar-refractivity contribution >= 4 is 6.08 Å². The minimum atomic E-state index is 0.849. The first kappa shape index (κ1) is 8.75. The second kappa shape index (κ2) is 3.92. The summed E-state index contributed by atoms with van der Waals surface area (Å²) in [7, 11) is 0. The molecule has 1 aromatic heterocycles. The van der Waals surface area contributed by atoms with Gasteiger partial charge in [0.25, 0.3) is 0 Å². The monoisotopic (exact) mass is 184 g/mol. The van der Waals surface area contributed by atoms with Gasteiger partial charge in [0.15, 0.2) is 0 Å². The Balaban J connectivity index is 2.23. The van der Waals surface area contributed by atoms with Crippen LogP contribution in [0.5, 0.6) is 0 Å². The molecule has 0 amide bonds. The normalized spacial score (nSPS) is 10.0. The third-order valence-corrected chi connectivity index (χ3v) is 2.15. The Morgan fingerprint density at radius 3 is 2.79 bits per heavy atom. The number of benzene rings is 1. The van der Waals surface area contributed by atoms with Crippen LogP contribution in [0.15, 0.2) is 49.4 Å². The van der Waals surface area contributed by atoms with Crippen molar-refractivity contribution in [2.75, 3.05) is 0 Å². The third kappa shape index (κ3) is 1.74. The first-order chi connectivity index (χ1) is 6.90. The van der Waals surface area contributed by atoms with Crippen LogP contribution in [-0.2, 0) is 6.54 Å². The summed E-state index contributed by atoms with van der Waals surface area (Å²) >= 11 is 0. The summed E-state index contributed by atoms with van der Waals surface area (Å²) in [6.07, 6.45) is 5.45. The Morgan fingerprint density at radius 1 is 1.29 bits per heavy atom. The molecule has 0 bridgehead atoms. The van der Waals surface area contributed by atoms with Crippen LogP contribution in [0.2, 0.25) is 0 Å². The summed E-state index contributed by atoms with van der Waals surface area (Å²) in [6, 6.07) is 10.3. The highest BCUT2D eigenvalue weighted by atomic mass is 15.0. The topological polar surface area (TPSA) is 17.8 Å². The van der Waals surface area contributed by atoms with Crippen LogP contribution in [-0.4, -0.2) is 9.55 Å². The number of nitrogens with zero attached hydrogens (tertiary/aromatic N) is 2. The Labute approximate surface area is 83.5 Å². The molecule has 0 unspecified atom stereocenters. The van der Waals surface area contributed by atoms with Crippen molar-refractivity contribution in [3.8, 4) is 0 Å². The number of rotatable bonds is 3. The molecule has 1 aromatic carbocycles. The van der Waals surface area contributed by atoms with Crippen molar-refractivity contribution in [1.82, 2.24) is 9.55 Å². The third-order valence-electron chi connectivity index (χ3n) is 2.15. The molecule has 2 aromatic rings. The van der Waals surface area contributed by atoms with E-state index in [1.165, 1.54) is 5.56 Å². The molecule has 0 saturated carbocycles. The van der Waals surface area contributed by atoms with Gasteiger partial charge >= 0.3 is 0 Å². The van der Waals surface area contributed by atoms with Crippen LogP contribution in [0.1, 0.15) is 11.3 Å². The van der Waals surface area contributed by atoms with Gasteiger partial charge in [0, 0.05) is 6.54 Å². The smallest absolute Gasteiger partial charge is 0.0953 e. The molecule has 2 rings (SSSR count). The van der Waals surface area contributed by atoms with Gasteiger partial charge in [-0.3, -0.25) is 0 Å². The van der Waals surface area contributed by atoms with Crippen molar-refractivity contribution in [3.63, 3.8) is 0 Å². The fourth-order valence-electron chi connectivity index (χ4n) is 1.41. The standard InChI is InChI=1S/C12H12N2/c1-2-12-8-13-10-14(12)9-11-6-4-3-5-7-11/h2-8,10H,1,9H2. The molecule has 0 aliphatic rings. The molecule has 0 spiro atoms. The van der Waals surface area contributed by atoms with Crippen molar-refractivity contribution in [2.24, 2.45) is 0 Å². The van der Waals surface area contributed by atoms with E-state index in [0.717, 1.165) is 12.2 Å². The van der Waals surface area contributed by atoms with E-state index in [2.05, 4.69) is 28.3 Å². The molecule has 14 heavy (non-hydrogen) atoms. The van der Waals surface area contributed by atoms with Gasteiger partial charge in [-0.05, 0) is 11.6 Å². The lowest BCUT2D eigenvalue weighted by atomic mass is 10.2. The van der Waals surface area contributed by atoms with Gasteiger partial charge in [0.2, 0.25) is 0 Å². The zero-order chi connectivity index (χ0) is 9.80. The first-order valence-electron chi connectivity index (χ1n) is 4.56. The maximum Gasteiger partial charge on any atom is 0.0953 e. The predicted molar refractivity (Wildman–Crippen MR) is 57.9 cm³/mol. The summed E-state index contributed by atoms with van der Waals surface area (Å²) in [5.41, 5.74) is 2.32. The fourth-order valence-corrected chi connectivity index (χ4v) is 1.41. The van der Waals surface area contributed by atoms with Crippen LogP contribution in [0.25, 0.3) is 6.08 Å². The Bertz CT molecular complexity index is 415. The lowest BCUT2D eigenvalue weighted by molar-refractivity contribution is 0.790. The number of aromatic nitrogens is 2. The fraction of sp³-hybridized carbons (Fsp3) is 0.0833. The van der Waals surface area contributed by atoms with E-state index in [9.17, 15) is 0 Å². The second-order valence-corrected chi connectivity index (χ2v) is 3.14. The number of hydrogen-bond acceptors (Lipinski definition) is 1. The van der Waals surface area contributed by atoms with Gasteiger partial charge in [-0.15, -0.1) is 0 Å². The maximum absolute atomic E-state index is 4.08. The minimum absolute atomic E-state index is 0.849. The van der Waals surface area contributed by atoms with E-state index < -0.39 is 0 Å². The van der Waals surface area contributed by atoms with Gasteiger partial charge in [-0.2, -0.15) is 0 Å². The molecule has 0 saturated heterocycles. The molecule has 1 heterocycles. The van der Waals surface area contributed by atoms with E-state index in [0.29, 0.717) is 0 Å². The lowest BCUT2D eigenvalue weighted by Gasteiger charge is -2.04. The van der Waals surface area contributed by atoms with E-state index in [4.69, 9.17) is 0 Å².